The van der Waals surface area contributed by atoms with Crippen molar-refractivity contribution in [3.8, 4) is 5.75 Å². The van der Waals surface area contributed by atoms with Gasteiger partial charge in [-0.2, -0.15) is 10.2 Å². The van der Waals surface area contributed by atoms with Crippen LogP contribution in [0.2, 0.25) is 15.1 Å². The lowest BCUT2D eigenvalue weighted by atomic mass is 10.1. The maximum atomic E-state index is 11.5. The van der Waals surface area contributed by atoms with Gasteiger partial charge in [0.2, 0.25) is 0 Å². The topological polar surface area (TPSA) is 90.0 Å². The number of hydrogen-bond acceptors (Lipinski definition) is 5. The van der Waals surface area contributed by atoms with Crippen molar-refractivity contribution in [3.05, 3.63) is 48.2 Å². The highest BCUT2D eigenvalue weighted by Gasteiger charge is 2.19. The fraction of sp³-hybridized carbons (Fsp3) is 0.500. The predicted octanol–water partition coefficient (Wildman–Crippen LogP) is 3.66. The quantitative estimate of drug-likeness (QED) is 0.698. The van der Waals surface area contributed by atoms with Crippen LogP contribution in [0.3, 0.4) is 0 Å². The van der Waals surface area contributed by atoms with Crippen molar-refractivity contribution in [3.63, 3.8) is 0 Å². The third-order valence-corrected chi connectivity index (χ3v) is 4.15. The molecule has 0 fully saturated rings. The van der Waals surface area contributed by atoms with E-state index in [9.17, 15) is 9.59 Å². The number of aromatic hydroxyl groups is 1. The average Bonchev–Trinajstić information content (AvgIpc) is 2.48. The van der Waals surface area contributed by atoms with E-state index in [1.807, 2.05) is 41.5 Å². The Kier molecular flexibility index (Phi) is 6.90. The Morgan fingerprint density at radius 1 is 0.808 bits per heavy atom. The lowest BCUT2D eigenvalue weighted by Crippen LogP contribution is -2.36. The largest absolute Gasteiger partial charge is 0.505 e. The summed E-state index contributed by atoms with van der Waals surface area (Å²) < 4.78 is 2.54. The molecule has 0 saturated heterocycles. The zero-order valence-electron chi connectivity index (χ0n) is 15.3. The van der Waals surface area contributed by atoms with Crippen LogP contribution in [0.15, 0.2) is 22.0 Å². The van der Waals surface area contributed by atoms with Gasteiger partial charge >= 0.3 is 0 Å². The van der Waals surface area contributed by atoms with Crippen LogP contribution in [0.1, 0.15) is 41.5 Å². The molecule has 0 aromatic carbocycles. The summed E-state index contributed by atoms with van der Waals surface area (Å²) >= 11 is 16.9. The van der Waals surface area contributed by atoms with Crippen LogP contribution in [0.5, 0.6) is 5.75 Å². The molecule has 0 saturated carbocycles. The van der Waals surface area contributed by atoms with Gasteiger partial charge in [-0.3, -0.25) is 9.59 Å². The summed E-state index contributed by atoms with van der Waals surface area (Å²) in [5.74, 6) is -0.285. The van der Waals surface area contributed by atoms with Crippen LogP contribution in [0.4, 0.5) is 0 Å². The van der Waals surface area contributed by atoms with Crippen molar-refractivity contribution in [1.82, 2.24) is 19.6 Å². The van der Waals surface area contributed by atoms with Gasteiger partial charge in [0.25, 0.3) is 11.1 Å². The molecule has 2 aromatic rings. The molecule has 0 aliphatic carbocycles. The maximum Gasteiger partial charge on any atom is 0.289 e. The van der Waals surface area contributed by atoms with E-state index in [1.54, 1.807) is 0 Å². The number of halogens is 3. The number of rotatable bonds is 0. The summed E-state index contributed by atoms with van der Waals surface area (Å²) in [4.78, 5) is 23.0. The van der Waals surface area contributed by atoms with E-state index < -0.39 is 11.1 Å². The van der Waals surface area contributed by atoms with E-state index >= 15 is 0 Å². The van der Waals surface area contributed by atoms with Gasteiger partial charge in [0.15, 0.2) is 10.8 Å². The third kappa shape index (κ3) is 5.22. The van der Waals surface area contributed by atoms with Gasteiger partial charge in [-0.1, -0.05) is 34.8 Å². The van der Waals surface area contributed by atoms with Crippen molar-refractivity contribution in [2.75, 3.05) is 0 Å². The molecule has 2 rings (SSSR count). The molecule has 0 bridgehead atoms. The molecule has 0 amide bonds. The molecule has 0 atom stereocenters. The van der Waals surface area contributed by atoms with E-state index in [1.165, 1.54) is 15.6 Å². The van der Waals surface area contributed by atoms with E-state index in [4.69, 9.17) is 39.9 Å². The lowest BCUT2D eigenvalue weighted by molar-refractivity contribution is 0.332. The van der Waals surface area contributed by atoms with Gasteiger partial charge in [0.05, 0.1) is 28.5 Å². The zero-order chi connectivity index (χ0) is 20.4. The van der Waals surface area contributed by atoms with Gasteiger partial charge in [-0.05, 0) is 41.5 Å². The van der Waals surface area contributed by atoms with Gasteiger partial charge in [0, 0.05) is 0 Å². The fourth-order valence-corrected chi connectivity index (χ4v) is 2.17. The van der Waals surface area contributed by atoms with Crippen molar-refractivity contribution < 1.29 is 5.11 Å². The number of aromatic nitrogens is 4. The second-order valence-electron chi connectivity index (χ2n) is 7.43. The Morgan fingerprint density at radius 2 is 1.19 bits per heavy atom. The van der Waals surface area contributed by atoms with Crippen molar-refractivity contribution in [2.45, 2.75) is 52.6 Å². The fourth-order valence-electron chi connectivity index (χ4n) is 1.79. The first-order valence-corrected chi connectivity index (χ1v) is 8.72. The molecule has 0 aliphatic heterocycles. The highest BCUT2D eigenvalue weighted by Crippen LogP contribution is 2.18. The smallest absolute Gasteiger partial charge is 0.289 e. The van der Waals surface area contributed by atoms with Gasteiger partial charge in [-0.15, -0.1) is 0 Å². The molecule has 0 aliphatic rings. The number of nitrogens with zero attached hydrogens (tertiary/aromatic N) is 4. The van der Waals surface area contributed by atoms with E-state index in [2.05, 4.69) is 10.2 Å². The Bertz CT molecular complexity index is 833. The summed E-state index contributed by atoms with van der Waals surface area (Å²) in [7, 11) is 0. The molecule has 1 N–H and O–H groups in total. The molecule has 26 heavy (non-hydrogen) atoms. The van der Waals surface area contributed by atoms with Crippen molar-refractivity contribution >= 4 is 34.8 Å². The highest BCUT2D eigenvalue weighted by molar-refractivity contribution is 6.41. The normalized spacial score (nSPS) is 11.7. The summed E-state index contributed by atoms with van der Waals surface area (Å²) in [6.07, 6.45) is 2.53. The molecule has 0 spiro atoms. The van der Waals surface area contributed by atoms with E-state index in [0.717, 1.165) is 6.20 Å². The lowest BCUT2D eigenvalue weighted by Gasteiger charge is -2.20. The van der Waals surface area contributed by atoms with Gasteiger partial charge < -0.3 is 5.11 Å². The average molecular weight is 424 g/mol. The standard InChI is InChI=1S/C8H10Cl2N2O.C8H11ClN2O2/c1-8(2,3)12-7(13)6(10)5(9)4-11-12;1-8(2,3)11-7(13)6(9)5(12)4-10-11/h4H,1-3H3;4,12H,1-3H3. The van der Waals surface area contributed by atoms with E-state index in [0.29, 0.717) is 0 Å². The Hall–Kier alpha value is -1.57. The van der Waals surface area contributed by atoms with Crippen LogP contribution >= 0.6 is 34.8 Å². The second-order valence-corrected chi connectivity index (χ2v) is 8.59. The minimum absolute atomic E-state index is 0.0200. The highest BCUT2D eigenvalue weighted by atomic mass is 35.5. The molecule has 2 heterocycles. The third-order valence-electron chi connectivity index (χ3n) is 3.05. The second kappa shape index (κ2) is 7.98. The number of hydrogen-bond donors (Lipinski definition) is 1. The zero-order valence-corrected chi connectivity index (χ0v) is 17.6. The predicted molar refractivity (Wildman–Crippen MR) is 104 cm³/mol. The molecular weight excluding hydrogens is 403 g/mol. The molecular formula is C16H21Cl3N4O3. The SMILES string of the molecule is CC(C)(C)n1ncc(Cl)c(Cl)c1=O.CC(C)(C)n1ncc(O)c(Cl)c1=O. The Labute approximate surface area is 166 Å². The van der Waals surface area contributed by atoms with Crippen molar-refractivity contribution in [2.24, 2.45) is 0 Å². The summed E-state index contributed by atoms with van der Waals surface area (Å²) in [5, 5.41) is 16.8. The van der Waals surface area contributed by atoms with Gasteiger partial charge in [0.1, 0.15) is 5.02 Å². The first kappa shape index (κ1) is 22.5. The van der Waals surface area contributed by atoms with Crippen LogP contribution in [0, 0.1) is 0 Å². The molecule has 10 heteroatoms. The van der Waals surface area contributed by atoms with Crippen LogP contribution < -0.4 is 11.1 Å². The summed E-state index contributed by atoms with van der Waals surface area (Å²) in [6.45, 7) is 11.1. The molecule has 2 aromatic heterocycles. The molecule has 0 radical (unpaired) electrons. The monoisotopic (exact) mass is 422 g/mol. The van der Waals surface area contributed by atoms with Gasteiger partial charge in [-0.25, -0.2) is 9.36 Å². The Balaban J connectivity index is 0.000000260. The van der Waals surface area contributed by atoms with Crippen molar-refractivity contribution in [1.29, 1.82) is 0 Å². The molecule has 0 unspecified atom stereocenters. The maximum absolute atomic E-state index is 11.5. The van der Waals surface area contributed by atoms with E-state index in [-0.39, 0.29) is 31.9 Å². The Morgan fingerprint density at radius 3 is 1.62 bits per heavy atom. The first-order valence-electron chi connectivity index (χ1n) is 7.59. The van der Waals surface area contributed by atoms with Crippen LogP contribution in [-0.2, 0) is 11.1 Å². The van der Waals surface area contributed by atoms with Crippen LogP contribution in [-0.4, -0.2) is 24.7 Å². The molecule has 7 nitrogen and oxygen atoms in total. The molecule has 144 valence electrons. The van der Waals surface area contributed by atoms with Crippen LogP contribution in [0.25, 0.3) is 0 Å². The first-order chi connectivity index (χ1) is 11.7. The minimum atomic E-state index is -0.478. The summed E-state index contributed by atoms with van der Waals surface area (Å²) in [5.41, 5.74) is -1.66. The minimum Gasteiger partial charge on any atom is -0.505 e. The summed E-state index contributed by atoms with van der Waals surface area (Å²) in [6, 6.07) is 0.